The molecule has 2 aliphatic rings. The van der Waals surface area contributed by atoms with Gasteiger partial charge in [-0.25, -0.2) is 9.78 Å². The number of likely N-dealkylation sites (tertiary alicyclic amines) is 1. The Morgan fingerprint density at radius 3 is 2.96 bits per heavy atom. The second kappa shape index (κ2) is 6.72. The molecule has 7 nitrogen and oxygen atoms in total. The van der Waals surface area contributed by atoms with E-state index in [0.29, 0.717) is 19.5 Å². The summed E-state index contributed by atoms with van der Waals surface area (Å²) >= 11 is 0. The third-order valence-electron chi connectivity index (χ3n) is 6.10. The first-order valence-corrected chi connectivity index (χ1v) is 9.37. The van der Waals surface area contributed by atoms with E-state index < -0.39 is 11.4 Å². The van der Waals surface area contributed by atoms with Gasteiger partial charge in [-0.1, -0.05) is 18.6 Å². The summed E-state index contributed by atoms with van der Waals surface area (Å²) in [7, 11) is 0. The van der Waals surface area contributed by atoms with Crippen LogP contribution < -0.4 is 5.32 Å². The fourth-order valence-electron chi connectivity index (χ4n) is 4.52. The summed E-state index contributed by atoms with van der Waals surface area (Å²) in [4.78, 5) is 30.3. The maximum absolute atomic E-state index is 12.7. The normalized spacial score (nSPS) is 25.2. The molecule has 0 bridgehead atoms. The van der Waals surface area contributed by atoms with Gasteiger partial charge >= 0.3 is 12.0 Å². The predicted octanol–water partition coefficient (Wildman–Crippen LogP) is 2.83. The van der Waals surface area contributed by atoms with Crippen molar-refractivity contribution in [1.29, 1.82) is 0 Å². The lowest BCUT2D eigenvalue weighted by Crippen LogP contribution is -2.42. The number of aliphatic carboxylic acids is 1. The number of carbonyl (C=O) groups is 2. The molecule has 1 saturated carbocycles. The molecule has 7 heteroatoms. The van der Waals surface area contributed by atoms with Gasteiger partial charge in [0.1, 0.15) is 0 Å². The van der Waals surface area contributed by atoms with Crippen molar-refractivity contribution in [2.45, 2.75) is 32.2 Å². The Morgan fingerprint density at radius 2 is 2.26 bits per heavy atom. The monoisotopic (exact) mass is 368 g/mol. The number of fused-ring (bicyclic) bond motifs is 1. The van der Waals surface area contributed by atoms with E-state index in [4.69, 9.17) is 0 Å². The maximum atomic E-state index is 12.7. The maximum Gasteiger partial charge on any atom is 0.317 e. The van der Waals surface area contributed by atoms with Crippen molar-refractivity contribution in [3.8, 4) is 5.69 Å². The van der Waals surface area contributed by atoms with Gasteiger partial charge in [-0.3, -0.25) is 4.79 Å². The lowest BCUT2D eigenvalue weighted by Gasteiger charge is -2.24. The predicted molar refractivity (Wildman–Crippen MR) is 99.5 cm³/mol. The molecule has 1 aromatic carbocycles. The van der Waals surface area contributed by atoms with Gasteiger partial charge in [-0.2, -0.15) is 0 Å². The number of aromatic nitrogens is 2. The van der Waals surface area contributed by atoms with E-state index in [1.165, 1.54) is 0 Å². The highest BCUT2D eigenvalue weighted by Crippen LogP contribution is 2.48. The van der Waals surface area contributed by atoms with Gasteiger partial charge in [-0.05, 0) is 43.4 Å². The summed E-state index contributed by atoms with van der Waals surface area (Å²) in [6.45, 7) is 2.77. The van der Waals surface area contributed by atoms with Crippen LogP contribution in [0, 0.1) is 11.3 Å². The minimum absolute atomic E-state index is 0.0700. The summed E-state index contributed by atoms with van der Waals surface area (Å²) < 4.78 is 1.91. The molecule has 2 amide bonds. The smallest absolute Gasteiger partial charge is 0.317 e. The molecule has 1 aliphatic carbocycles. The Kier molecular flexibility index (Phi) is 4.37. The number of hydrogen-bond acceptors (Lipinski definition) is 3. The molecule has 142 valence electrons. The molecule has 1 aromatic heterocycles. The van der Waals surface area contributed by atoms with Crippen LogP contribution in [0.25, 0.3) is 5.69 Å². The van der Waals surface area contributed by atoms with E-state index in [1.54, 1.807) is 17.4 Å². The van der Waals surface area contributed by atoms with E-state index >= 15 is 0 Å². The fraction of sp³-hybridized carbons (Fsp3) is 0.450. The summed E-state index contributed by atoms with van der Waals surface area (Å²) in [5.41, 5.74) is 1.22. The van der Waals surface area contributed by atoms with Crippen molar-refractivity contribution >= 4 is 12.0 Å². The molecule has 2 heterocycles. The van der Waals surface area contributed by atoms with Gasteiger partial charge in [0.05, 0.1) is 17.8 Å². The number of rotatable bonds is 4. The number of carboxylic acid groups (broad SMARTS) is 1. The summed E-state index contributed by atoms with van der Waals surface area (Å²) in [6, 6.07) is 7.56. The average Bonchev–Trinajstić information content (AvgIpc) is 3.37. The Bertz CT molecular complexity index is 851. The van der Waals surface area contributed by atoms with Crippen LogP contribution in [-0.4, -0.2) is 44.6 Å². The zero-order valence-electron chi connectivity index (χ0n) is 15.3. The number of carbonyl (C=O) groups excluding carboxylic acids is 1. The minimum Gasteiger partial charge on any atom is -0.481 e. The molecule has 0 spiro atoms. The molecule has 4 rings (SSSR count). The molecule has 3 atom stereocenters. The molecule has 27 heavy (non-hydrogen) atoms. The van der Waals surface area contributed by atoms with E-state index in [1.807, 2.05) is 42.0 Å². The summed E-state index contributed by atoms with van der Waals surface area (Å²) in [5.74, 6) is -0.693. The van der Waals surface area contributed by atoms with Crippen LogP contribution >= 0.6 is 0 Å². The van der Waals surface area contributed by atoms with Crippen LogP contribution in [0.15, 0.2) is 43.0 Å². The Morgan fingerprint density at radius 1 is 1.41 bits per heavy atom. The topological polar surface area (TPSA) is 87.5 Å². The van der Waals surface area contributed by atoms with Crippen LogP contribution in [0.5, 0.6) is 0 Å². The summed E-state index contributed by atoms with van der Waals surface area (Å²) in [5, 5.41) is 12.7. The number of imidazole rings is 1. The second-order valence-corrected chi connectivity index (χ2v) is 7.67. The molecule has 2 aromatic rings. The number of nitrogens with one attached hydrogen (secondary N) is 1. The Hall–Kier alpha value is -2.83. The molecular weight excluding hydrogens is 344 g/mol. The van der Waals surface area contributed by atoms with E-state index in [2.05, 4.69) is 10.3 Å². The molecule has 1 unspecified atom stereocenters. The van der Waals surface area contributed by atoms with Crippen molar-refractivity contribution in [2.75, 3.05) is 13.1 Å². The molecule has 1 saturated heterocycles. The number of nitrogens with zero attached hydrogens (tertiary/aromatic N) is 3. The Labute approximate surface area is 158 Å². The summed E-state index contributed by atoms with van der Waals surface area (Å²) in [6.07, 6.45) is 7.82. The lowest BCUT2D eigenvalue weighted by molar-refractivity contribution is -0.149. The first kappa shape index (κ1) is 17.6. The molecular formula is C20H24N4O3. The van der Waals surface area contributed by atoms with Crippen molar-refractivity contribution < 1.29 is 14.7 Å². The van der Waals surface area contributed by atoms with E-state index in [-0.39, 0.29) is 18.0 Å². The third-order valence-corrected chi connectivity index (χ3v) is 6.10. The molecule has 2 fully saturated rings. The third kappa shape index (κ3) is 3.07. The number of hydrogen-bond donors (Lipinski definition) is 2. The van der Waals surface area contributed by atoms with Crippen LogP contribution in [0.1, 0.15) is 37.8 Å². The first-order valence-electron chi connectivity index (χ1n) is 9.37. The van der Waals surface area contributed by atoms with Crippen molar-refractivity contribution in [3.05, 3.63) is 48.5 Å². The second-order valence-electron chi connectivity index (χ2n) is 7.67. The van der Waals surface area contributed by atoms with Gasteiger partial charge in [0.15, 0.2) is 0 Å². The first-order chi connectivity index (χ1) is 13.0. The zero-order valence-corrected chi connectivity index (χ0v) is 15.3. The SMILES string of the molecule is CC(NC(=O)N1C[C@@H]2CCC[C@@]2(C(=O)O)C1)c1cccc(-n2ccnc2)c1. The number of carboxylic acids is 1. The van der Waals surface area contributed by atoms with Crippen molar-refractivity contribution in [1.82, 2.24) is 19.8 Å². The number of amides is 2. The van der Waals surface area contributed by atoms with Gasteiger partial charge < -0.3 is 19.9 Å². The molecule has 1 aliphatic heterocycles. The average molecular weight is 368 g/mol. The highest BCUT2D eigenvalue weighted by atomic mass is 16.4. The van der Waals surface area contributed by atoms with Gasteiger partial charge in [0, 0.05) is 31.2 Å². The van der Waals surface area contributed by atoms with Gasteiger partial charge in [0.25, 0.3) is 0 Å². The minimum atomic E-state index is -0.763. The number of benzene rings is 1. The highest BCUT2D eigenvalue weighted by Gasteiger charge is 2.55. The Balaban J connectivity index is 1.45. The van der Waals surface area contributed by atoms with E-state index in [0.717, 1.165) is 24.1 Å². The van der Waals surface area contributed by atoms with Crippen LogP contribution in [0.2, 0.25) is 0 Å². The standard InChI is InChI=1S/C20H24N4O3/c1-14(15-4-2-6-17(10-15)23-9-8-21-13-23)22-19(27)24-11-16-5-3-7-20(16,12-24)18(25)26/h2,4,6,8-10,13-14,16H,3,5,7,11-12H2,1H3,(H,22,27)(H,25,26)/t14?,16-,20+/m0/s1. The van der Waals surface area contributed by atoms with Gasteiger partial charge in [0.2, 0.25) is 0 Å². The quantitative estimate of drug-likeness (QED) is 0.869. The van der Waals surface area contributed by atoms with E-state index in [9.17, 15) is 14.7 Å². The highest BCUT2D eigenvalue weighted by molar-refractivity contribution is 5.80. The van der Waals surface area contributed by atoms with Crippen LogP contribution in [-0.2, 0) is 4.79 Å². The van der Waals surface area contributed by atoms with Crippen LogP contribution in [0.3, 0.4) is 0 Å². The van der Waals surface area contributed by atoms with Crippen LogP contribution in [0.4, 0.5) is 4.79 Å². The number of urea groups is 1. The zero-order chi connectivity index (χ0) is 19.0. The largest absolute Gasteiger partial charge is 0.481 e. The van der Waals surface area contributed by atoms with Gasteiger partial charge in [-0.15, -0.1) is 0 Å². The van der Waals surface area contributed by atoms with Crippen molar-refractivity contribution in [3.63, 3.8) is 0 Å². The lowest BCUT2D eigenvalue weighted by atomic mass is 9.81. The molecule has 2 N–H and O–H groups in total. The molecule has 0 radical (unpaired) electrons. The van der Waals surface area contributed by atoms with Crippen molar-refractivity contribution in [2.24, 2.45) is 11.3 Å². The fourth-order valence-corrected chi connectivity index (χ4v) is 4.52.